The van der Waals surface area contributed by atoms with Crippen molar-refractivity contribution in [3.05, 3.63) is 43.6 Å². The molecule has 5 rings (SSSR count). The molecule has 0 unspecified atom stereocenters. The number of imidazole rings is 2. The van der Waals surface area contributed by atoms with Crippen LogP contribution < -0.4 is 14.5 Å². The molecule has 2 fully saturated rings. The number of rotatable bonds is 5. The van der Waals surface area contributed by atoms with Gasteiger partial charge in [0.05, 0.1) is 26.0 Å². The second-order valence-electron chi connectivity index (χ2n) is 8.02. The Morgan fingerprint density at radius 1 is 0.833 bits per heavy atom. The maximum absolute atomic E-state index is 5.60. The van der Waals surface area contributed by atoms with Crippen molar-refractivity contribution in [2.75, 3.05) is 43.1 Å². The van der Waals surface area contributed by atoms with E-state index in [1.807, 2.05) is 31.2 Å². The fraction of sp³-hybridized carbons (Fsp3) is 0.524. The summed E-state index contributed by atoms with van der Waals surface area (Å²) in [6.45, 7) is 3.77. The van der Waals surface area contributed by atoms with E-state index >= 15 is 0 Å². The van der Waals surface area contributed by atoms with E-state index in [4.69, 9.17) is 9.72 Å². The van der Waals surface area contributed by atoms with E-state index in [2.05, 4.69) is 46.3 Å². The van der Waals surface area contributed by atoms with Gasteiger partial charge in [-0.3, -0.25) is 0 Å². The number of nitrogens with zero attached hydrogens (tertiary/aromatic N) is 8. The minimum atomic E-state index is 0.498. The SMILES string of the molecule is COc1cnc(N2CCC(n3ccnc3)CC2)nc1N1CCC(n2ccnc2)CC1. The molecule has 2 aliphatic rings. The van der Waals surface area contributed by atoms with Crippen molar-refractivity contribution in [3.63, 3.8) is 0 Å². The molecule has 0 saturated carbocycles. The third-order valence-electron chi connectivity index (χ3n) is 6.35. The molecule has 2 aliphatic heterocycles. The fourth-order valence-electron chi connectivity index (χ4n) is 4.59. The monoisotopic (exact) mass is 408 g/mol. The van der Waals surface area contributed by atoms with Gasteiger partial charge in [0.2, 0.25) is 5.95 Å². The van der Waals surface area contributed by atoms with Crippen LogP contribution in [-0.2, 0) is 0 Å². The van der Waals surface area contributed by atoms with Crippen LogP contribution in [-0.4, -0.2) is 62.4 Å². The highest BCUT2D eigenvalue weighted by atomic mass is 16.5. The van der Waals surface area contributed by atoms with Gasteiger partial charge in [-0.2, -0.15) is 4.98 Å². The molecule has 0 spiro atoms. The molecular formula is C21H28N8O. The Balaban J connectivity index is 1.27. The smallest absolute Gasteiger partial charge is 0.227 e. The summed E-state index contributed by atoms with van der Waals surface area (Å²) >= 11 is 0. The van der Waals surface area contributed by atoms with E-state index in [1.54, 1.807) is 7.11 Å². The van der Waals surface area contributed by atoms with Crippen molar-refractivity contribution in [1.29, 1.82) is 0 Å². The number of hydrogen-bond donors (Lipinski definition) is 0. The largest absolute Gasteiger partial charge is 0.491 e. The third kappa shape index (κ3) is 3.71. The molecule has 0 aliphatic carbocycles. The Labute approximate surface area is 176 Å². The topological polar surface area (TPSA) is 77.1 Å². The summed E-state index contributed by atoms with van der Waals surface area (Å²) in [7, 11) is 1.69. The van der Waals surface area contributed by atoms with E-state index < -0.39 is 0 Å². The lowest BCUT2D eigenvalue weighted by Crippen LogP contribution is -2.37. The quantitative estimate of drug-likeness (QED) is 0.642. The van der Waals surface area contributed by atoms with Crippen LogP contribution in [0.2, 0.25) is 0 Å². The lowest BCUT2D eigenvalue weighted by molar-refractivity contribution is 0.380. The second kappa shape index (κ2) is 8.33. The third-order valence-corrected chi connectivity index (χ3v) is 6.35. The van der Waals surface area contributed by atoms with Crippen molar-refractivity contribution in [3.8, 4) is 5.75 Å². The normalized spacial score (nSPS) is 18.7. The zero-order chi connectivity index (χ0) is 20.3. The molecule has 0 radical (unpaired) electrons. The minimum Gasteiger partial charge on any atom is -0.491 e. The molecular weight excluding hydrogens is 380 g/mol. The highest BCUT2D eigenvalue weighted by Gasteiger charge is 2.26. The first-order valence-corrected chi connectivity index (χ1v) is 10.7. The lowest BCUT2D eigenvalue weighted by Gasteiger charge is -2.35. The van der Waals surface area contributed by atoms with E-state index in [1.165, 1.54) is 0 Å². The van der Waals surface area contributed by atoms with E-state index in [0.29, 0.717) is 12.1 Å². The molecule has 30 heavy (non-hydrogen) atoms. The first-order chi connectivity index (χ1) is 14.8. The number of hydrogen-bond acceptors (Lipinski definition) is 7. The van der Waals surface area contributed by atoms with E-state index in [9.17, 15) is 0 Å². The van der Waals surface area contributed by atoms with Crippen LogP contribution in [0.15, 0.2) is 43.6 Å². The molecule has 9 heteroatoms. The van der Waals surface area contributed by atoms with Crippen LogP contribution in [0.1, 0.15) is 37.8 Å². The van der Waals surface area contributed by atoms with Crippen LogP contribution in [0, 0.1) is 0 Å². The highest BCUT2D eigenvalue weighted by Crippen LogP contribution is 2.33. The van der Waals surface area contributed by atoms with Crippen molar-refractivity contribution in [2.24, 2.45) is 0 Å². The van der Waals surface area contributed by atoms with Crippen molar-refractivity contribution >= 4 is 11.8 Å². The fourth-order valence-corrected chi connectivity index (χ4v) is 4.59. The lowest BCUT2D eigenvalue weighted by atomic mass is 10.0. The van der Waals surface area contributed by atoms with Crippen LogP contribution >= 0.6 is 0 Å². The first kappa shape index (κ1) is 18.9. The summed E-state index contributed by atoms with van der Waals surface area (Å²) in [5, 5.41) is 0. The van der Waals surface area contributed by atoms with Crippen LogP contribution in [0.5, 0.6) is 5.75 Å². The molecule has 9 nitrogen and oxygen atoms in total. The van der Waals surface area contributed by atoms with Crippen molar-refractivity contribution in [1.82, 2.24) is 29.1 Å². The predicted molar refractivity (Wildman–Crippen MR) is 114 cm³/mol. The van der Waals surface area contributed by atoms with Gasteiger partial charge in [0.15, 0.2) is 11.6 Å². The molecule has 0 atom stereocenters. The van der Waals surface area contributed by atoms with Gasteiger partial charge >= 0.3 is 0 Å². The van der Waals surface area contributed by atoms with E-state index in [0.717, 1.165) is 69.4 Å². The molecule has 0 amide bonds. The van der Waals surface area contributed by atoms with Crippen molar-refractivity contribution < 1.29 is 4.74 Å². The van der Waals surface area contributed by atoms with Gasteiger partial charge < -0.3 is 23.7 Å². The van der Waals surface area contributed by atoms with Gasteiger partial charge in [-0.05, 0) is 25.7 Å². The van der Waals surface area contributed by atoms with Gasteiger partial charge in [-0.25, -0.2) is 15.0 Å². The Morgan fingerprint density at radius 2 is 1.40 bits per heavy atom. The second-order valence-corrected chi connectivity index (χ2v) is 8.02. The molecule has 3 aromatic rings. The zero-order valence-electron chi connectivity index (χ0n) is 17.3. The predicted octanol–water partition coefficient (Wildman–Crippen LogP) is 2.56. The van der Waals surface area contributed by atoms with Crippen LogP contribution in [0.25, 0.3) is 0 Å². The summed E-state index contributed by atoms with van der Waals surface area (Å²) in [6, 6.07) is 1.00. The average Bonchev–Trinajstić information content (AvgIpc) is 3.54. The molecule has 2 saturated heterocycles. The molecule has 0 aromatic carbocycles. The van der Waals surface area contributed by atoms with Crippen LogP contribution in [0.4, 0.5) is 11.8 Å². The van der Waals surface area contributed by atoms with Gasteiger partial charge in [0.1, 0.15) is 0 Å². The Kier molecular flexibility index (Phi) is 5.25. The highest BCUT2D eigenvalue weighted by molar-refractivity contribution is 5.55. The van der Waals surface area contributed by atoms with Crippen molar-refractivity contribution in [2.45, 2.75) is 37.8 Å². The molecule has 0 bridgehead atoms. The number of ether oxygens (including phenoxy) is 1. The summed E-state index contributed by atoms with van der Waals surface area (Å²) in [5.41, 5.74) is 0. The van der Waals surface area contributed by atoms with Gasteiger partial charge in [-0.1, -0.05) is 0 Å². The number of aromatic nitrogens is 6. The number of anilines is 2. The Morgan fingerprint density at radius 3 is 1.90 bits per heavy atom. The number of methoxy groups -OCH3 is 1. The molecule has 5 heterocycles. The molecule has 3 aromatic heterocycles. The van der Waals surface area contributed by atoms with Crippen LogP contribution in [0.3, 0.4) is 0 Å². The molecule has 0 N–H and O–H groups in total. The van der Waals surface area contributed by atoms with E-state index in [-0.39, 0.29) is 0 Å². The zero-order valence-corrected chi connectivity index (χ0v) is 17.3. The average molecular weight is 409 g/mol. The standard InChI is InChI=1S/C21H28N8O/c1-30-19-14-24-21(27-10-4-18(5-11-27)29-13-7-23-16-29)25-20(19)26-8-2-17(3-9-26)28-12-6-22-15-28/h6-7,12-18H,2-5,8-11H2,1H3. The van der Waals surface area contributed by atoms with Gasteiger partial charge in [0.25, 0.3) is 0 Å². The Hall–Kier alpha value is -3.10. The maximum Gasteiger partial charge on any atom is 0.227 e. The summed E-state index contributed by atoms with van der Waals surface area (Å²) < 4.78 is 10.0. The Bertz CT molecular complexity index is 926. The minimum absolute atomic E-state index is 0.498. The first-order valence-electron chi connectivity index (χ1n) is 10.7. The maximum atomic E-state index is 5.60. The summed E-state index contributed by atoms with van der Waals surface area (Å²) in [5.74, 6) is 2.45. The van der Waals surface area contributed by atoms with Gasteiger partial charge in [0, 0.05) is 63.1 Å². The van der Waals surface area contributed by atoms with Gasteiger partial charge in [-0.15, -0.1) is 0 Å². The summed E-state index contributed by atoms with van der Waals surface area (Å²) in [6.07, 6.45) is 17.7. The summed E-state index contributed by atoms with van der Waals surface area (Å²) in [4.78, 5) is 22.5. The molecule has 158 valence electrons. The number of piperidine rings is 2.